The number of amides is 1. The van der Waals surface area contributed by atoms with E-state index in [1.54, 1.807) is 44.4 Å². The molecule has 0 radical (unpaired) electrons. The van der Waals surface area contributed by atoms with Gasteiger partial charge in [0.2, 0.25) is 0 Å². The molecule has 172 valence electrons. The molecule has 0 heterocycles. The second kappa shape index (κ2) is 11.4. The monoisotopic (exact) mass is 448 g/mol. The Morgan fingerprint density at radius 2 is 1.91 bits per heavy atom. The summed E-state index contributed by atoms with van der Waals surface area (Å²) in [6, 6.07) is 11.5. The molecule has 0 saturated carbocycles. The van der Waals surface area contributed by atoms with Crippen LogP contribution in [0.2, 0.25) is 0 Å². The average molecular weight is 448 g/mol. The minimum Gasteiger partial charge on any atom is -0.457 e. The van der Waals surface area contributed by atoms with Gasteiger partial charge in [0.05, 0.1) is 17.7 Å². The van der Waals surface area contributed by atoms with Gasteiger partial charge in [-0.15, -0.1) is 0 Å². The van der Waals surface area contributed by atoms with E-state index in [1.807, 2.05) is 13.0 Å². The zero-order valence-electron chi connectivity index (χ0n) is 18.2. The number of allylic oxidation sites excluding steroid dienone is 1. The van der Waals surface area contributed by atoms with Crippen LogP contribution >= 0.6 is 0 Å². The Kier molecular flexibility index (Phi) is 8.90. The SMILES string of the molecule is COCC(C)/C=C\C(C(=O)NCc1cccc(Oc2ccccc2C(F)(F)F)c1)=C(/C)N. The Bertz CT molecular complexity index is 980. The molecule has 0 aliphatic heterocycles. The second-order valence-electron chi connectivity index (χ2n) is 7.31. The lowest BCUT2D eigenvalue weighted by Crippen LogP contribution is -2.25. The average Bonchev–Trinajstić information content (AvgIpc) is 2.72. The maximum absolute atomic E-state index is 13.2. The fourth-order valence-corrected chi connectivity index (χ4v) is 2.88. The standard InChI is InChI=1S/C24H27F3N2O3/c1-16(15-31-3)11-12-20(17(2)28)23(30)29-14-18-7-6-8-19(13-18)32-22-10-5-4-9-21(22)24(25,26)27/h4-13,16H,14-15,28H2,1-3H3,(H,29,30)/b12-11-,20-17-. The highest BCUT2D eigenvalue weighted by Gasteiger charge is 2.34. The molecule has 0 aromatic heterocycles. The summed E-state index contributed by atoms with van der Waals surface area (Å²) >= 11 is 0. The third-order valence-electron chi connectivity index (χ3n) is 4.46. The number of para-hydroxylation sites is 1. The van der Waals surface area contributed by atoms with Crippen LogP contribution in [0.3, 0.4) is 0 Å². The van der Waals surface area contributed by atoms with Crippen molar-refractivity contribution in [1.29, 1.82) is 0 Å². The number of carbonyl (C=O) groups excluding carboxylic acids is 1. The molecular weight excluding hydrogens is 421 g/mol. The number of halogens is 3. The molecule has 2 aromatic carbocycles. The number of nitrogens with two attached hydrogens (primary N) is 1. The van der Waals surface area contributed by atoms with E-state index in [9.17, 15) is 18.0 Å². The van der Waals surface area contributed by atoms with Crippen LogP contribution in [0.4, 0.5) is 13.2 Å². The number of alkyl halides is 3. The van der Waals surface area contributed by atoms with Crippen molar-refractivity contribution in [2.24, 2.45) is 11.7 Å². The van der Waals surface area contributed by atoms with Crippen LogP contribution in [0.15, 0.2) is 72.0 Å². The van der Waals surface area contributed by atoms with Gasteiger partial charge in [0.1, 0.15) is 11.5 Å². The Morgan fingerprint density at radius 1 is 1.19 bits per heavy atom. The normalized spacial score (nSPS) is 13.6. The first-order chi connectivity index (χ1) is 15.1. The van der Waals surface area contributed by atoms with Gasteiger partial charge < -0.3 is 20.5 Å². The van der Waals surface area contributed by atoms with Crippen molar-refractivity contribution in [2.75, 3.05) is 13.7 Å². The molecule has 2 rings (SSSR count). The number of nitrogens with one attached hydrogen (secondary N) is 1. The zero-order valence-corrected chi connectivity index (χ0v) is 18.2. The summed E-state index contributed by atoms with van der Waals surface area (Å²) in [4.78, 5) is 12.6. The first kappa shape index (κ1) is 25.0. The van der Waals surface area contributed by atoms with Crippen LogP contribution in [-0.2, 0) is 22.3 Å². The summed E-state index contributed by atoms with van der Waals surface area (Å²) in [6.07, 6.45) is -1.04. The number of hydrogen-bond acceptors (Lipinski definition) is 4. The molecule has 8 heteroatoms. The zero-order chi connectivity index (χ0) is 23.7. The van der Waals surface area contributed by atoms with E-state index >= 15 is 0 Å². The van der Waals surface area contributed by atoms with Crippen LogP contribution in [0.5, 0.6) is 11.5 Å². The highest BCUT2D eigenvalue weighted by molar-refractivity contribution is 5.96. The van der Waals surface area contributed by atoms with Gasteiger partial charge in [0.15, 0.2) is 0 Å². The molecule has 5 nitrogen and oxygen atoms in total. The van der Waals surface area contributed by atoms with Crippen molar-refractivity contribution in [3.8, 4) is 11.5 Å². The Balaban J connectivity index is 2.09. The van der Waals surface area contributed by atoms with Crippen LogP contribution in [0.1, 0.15) is 25.0 Å². The lowest BCUT2D eigenvalue weighted by Gasteiger charge is -2.14. The van der Waals surface area contributed by atoms with E-state index in [4.69, 9.17) is 15.2 Å². The van der Waals surface area contributed by atoms with Gasteiger partial charge in [0.25, 0.3) is 5.91 Å². The molecule has 32 heavy (non-hydrogen) atoms. The molecule has 0 aliphatic rings. The number of rotatable bonds is 9. The van der Waals surface area contributed by atoms with Crippen molar-refractivity contribution < 1.29 is 27.4 Å². The summed E-state index contributed by atoms with van der Waals surface area (Å²) in [5.74, 6) is -0.317. The molecule has 0 aliphatic carbocycles. The van der Waals surface area contributed by atoms with Crippen molar-refractivity contribution in [3.05, 3.63) is 83.1 Å². The molecule has 3 N–H and O–H groups in total. The number of carbonyl (C=O) groups is 1. The first-order valence-corrected chi connectivity index (χ1v) is 9.96. The van der Waals surface area contributed by atoms with Gasteiger partial charge >= 0.3 is 6.18 Å². The van der Waals surface area contributed by atoms with Crippen LogP contribution < -0.4 is 15.8 Å². The molecule has 1 atom stereocenters. The Labute approximate surface area is 185 Å². The Morgan fingerprint density at radius 3 is 2.56 bits per heavy atom. The molecule has 0 spiro atoms. The van der Waals surface area contributed by atoms with Crippen molar-refractivity contribution in [1.82, 2.24) is 5.32 Å². The van der Waals surface area contributed by atoms with Gasteiger partial charge in [-0.2, -0.15) is 13.2 Å². The predicted molar refractivity (Wildman–Crippen MR) is 117 cm³/mol. The quantitative estimate of drug-likeness (QED) is 0.409. The summed E-state index contributed by atoms with van der Waals surface area (Å²) in [6.45, 7) is 4.24. The van der Waals surface area contributed by atoms with E-state index in [0.29, 0.717) is 23.4 Å². The van der Waals surface area contributed by atoms with Crippen molar-refractivity contribution >= 4 is 5.91 Å². The maximum atomic E-state index is 13.2. The molecule has 1 amide bonds. The van der Waals surface area contributed by atoms with Crippen molar-refractivity contribution in [2.45, 2.75) is 26.6 Å². The minimum absolute atomic E-state index is 0.107. The van der Waals surface area contributed by atoms with Crippen LogP contribution in [0, 0.1) is 5.92 Å². The van der Waals surface area contributed by atoms with Crippen molar-refractivity contribution in [3.63, 3.8) is 0 Å². The van der Waals surface area contributed by atoms with E-state index in [2.05, 4.69) is 5.32 Å². The highest BCUT2D eigenvalue weighted by Crippen LogP contribution is 2.37. The topological polar surface area (TPSA) is 73.6 Å². The number of benzene rings is 2. The number of ether oxygens (including phenoxy) is 2. The van der Waals surface area contributed by atoms with E-state index in [0.717, 1.165) is 6.07 Å². The summed E-state index contributed by atoms with van der Waals surface area (Å²) in [7, 11) is 1.60. The van der Waals surface area contributed by atoms with Gasteiger partial charge in [-0.05, 0) is 42.7 Å². The molecule has 0 bridgehead atoms. The number of hydrogen-bond donors (Lipinski definition) is 2. The number of methoxy groups -OCH3 is 1. The van der Waals surface area contributed by atoms with E-state index in [-0.39, 0.29) is 29.9 Å². The molecule has 1 unspecified atom stereocenters. The fourth-order valence-electron chi connectivity index (χ4n) is 2.88. The first-order valence-electron chi connectivity index (χ1n) is 9.96. The minimum atomic E-state index is -4.53. The van der Waals surface area contributed by atoms with E-state index < -0.39 is 11.7 Å². The predicted octanol–water partition coefficient (Wildman–Crippen LogP) is 5.19. The molecule has 0 saturated heterocycles. The lowest BCUT2D eigenvalue weighted by molar-refractivity contribution is -0.138. The van der Waals surface area contributed by atoms with Gasteiger partial charge in [-0.3, -0.25) is 4.79 Å². The van der Waals surface area contributed by atoms with Crippen LogP contribution in [-0.4, -0.2) is 19.6 Å². The Hall–Kier alpha value is -3.26. The van der Waals surface area contributed by atoms with E-state index in [1.165, 1.54) is 18.2 Å². The lowest BCUT2D eigenvalue weighted by atomic mass is 10.1. The third kappa shape index (κ3) is 7.46. The molecule has 2 aromatic rings. The fraction of sp³-hybridized carbons (Fsp3) is 0.292. The molecular formula is C24H27F3N2O3. The second-order valence-corrected chi connectivity index (χ2v) is 7.31. The maximum Gasteiger partial charge on any atom is 0.419 e. The van der Waals surface area contributed by atoms with Gasteiger partial charge in [-0.1, -0.05) is 43.3 Å². The third-order valence-corrected chi connectivity index (χ3v) is 4.46. The largest absolute Gasteiger partial charge is 0.457 e. The van der Waals surface area contributed by atoms with Gasteiger partial charge in [-0.25, -0.2) is 0 Å². The summed E-state index contributed by atoms with van der Waals surface area (Å²) in [5.41, 5.74) is 6.35. The highest BCUT2D eigenvalue weighted by atomic mass is 19.4. The summed E-state index contributed by atoms with van der Waals surface area (Å²) in [5, 5.41) is 2.77. The van der Waals surface area contributed by atoms with Crippen LogP contribution in [0.25, 0.3) is 0 Å². The van der Waals surface area contributed by atoms with Gasteiger partial charge in [0, 0.05) is 19.4 Å². The smallest absolute Gasteiger partial charge is 0.419 e. The molecule has 0 fully saturated rings. The summed E-state index contributed by atoms with van der Waals surface area (Å²) < 4.78 is 50.1.